The summed E-state index contributed by atoms with van der Waals surface area (Å²) in [6.07, 6.45) is -0.987. The summed E-state index contributed by atoms with van der Waals surface area (Å²) in [5.41, 5.74) is -1.76. The molecule has 0 aromatic carbocycles. The van der Waals surface area contributed by atoms with Gasteiger partial charge in [0, 0.05) is 18.2 Å². The first-order valence-corrected chi connectivity index (χ1v) is 9.74. The Morgan fingerprint density at radius 2 is 2.33 bits per heavy atom. The third-order valence-corrected chi connectivity index (χ3v) is 5.36. The van der Waals surface area contributed by atoms with Crippen molar-refractivity contribution in [2.45, 2.75) is 43.9 Å². The number of aromatic amines is 1. The summed E-state index contributed by atoms with van der Waals surface area (Å²) in [4.78, 5) is 39.7. The first-order valence-electron chi connectivity index (χ1n) is 8.85. The van der Waals surface area contributed by atoms with Gasteiger partial charge in [-0.1, -0.05) is 0 Å². The monoisotopic (exact) mass is 407 g/mol. The van der Waals surface area contributed by atoms with Gasteiger partial charge in [0.25, 0.3) is 5.56 Å². The predicted molar refractivity (Wildman–Crippen MR) is 98.8 cm³/mol. The maximum Gasteiger partial charge on any atom is 0.331 e. The molecule has 152 valence electrons. The van der Waals surface area contributed by atoms with E-state index in [9.17, 15) is 29.7 Å². The molecule has 10 nitrogen and oxygen atoms in total. The molecule has 11 heteroatoms. The fraction of sp³-hybridized carbons (Fsp3) is 0.688. The van der Waals surface area contributed by atoms with Crippen LogP contribution in [0.4, 0.5) is 0 Å². The van der Waals surface area contributed by atoms with Crippen molar-refractivity contribution in [3.05, 3.63) is 32.6 Å². The van der Waals surface area contributed by atoms with Crippen molar-refractivity contribution in [1.82, 2.24) is 14.5 Å². The zero-order valence-corrected chi connectivity index (χ0v) is 16.2. The molecule has 0 unspecified atom stereocenters. The standard InChI is InChI=1S/C16H25N3O7S/c1-9-7-19(15(25)17-13(9)22)16(6-11(21)12(8-20)26-16)18(2)10(14(23)24)4-5-27-3/h7,10-12,20-21H,4-6,8H2,1-3H3,(H,23,24)(H,17,22,25)/t10-,11-,12+,16-/m0/s1/i2+2,7T. The second-order valence-electron chi connectivity index (χ2n) is 6.43. The molecular formula is C16H25N3O7S. The summed E-state index contributed by atoms with van der Waals surface area (Å²) in [7, 11) is 1.41. The number of hydrogen-bond donors (Lipinski definition) is 4. The number of aliphatic hydroxyl groups excluding tert-OH is 2. The number of aliphatic hydroxyl groups is 2. The highest BCUT2D eigenvalue weighted by atomic mass is 32.2. The minimum absolute atomic E-state index is 0.0612. The van der Waals surface area contributed by atoms with E-state index in [4.69, 9.17) is 6.11 Å². The van der Waals surface area contributed by atoms with Crippen LogP contribution in [0.25, 0.3) is 0 Å². The van der Waals surface area contributed by atoms with Crippen molar-refractivity contribution < 1.29 is 26.2 Å². The maximum atomic E-state index is 12.6. The Morgan fingerprint density at radius 1 is 1.67 bits per heavy atom. The van der Waals surface area contributed by atoms with Crippen LogP contribution in [0.15, 0.2) is 15.8 Å². The van der Waals surface area contributed by atoms with Gasteiger partial charge < -0.3 is 20.1 Å². The van der Waals surface area contributed by atoms with E-state index in [0.29, 0.717) is 5.75 Å². The van der Waals surface area contributed by atoms with E-state index in [0.717, 1.165) is 4.57 Å². The highest BCUT2D eigenvalue weighted by molar-refractivity contribution is 7.98. The molecule has 2 rings (SSSR count). The fourth-order valence-corrected chi connectivity index (χ4v) is 3.64. The number of nitrogens with zero attached hydrogens (tertiary/aromatic N) is 2. The lowest BCUT2D eigenvalue weighted by atomic mass is 10.1. The number of likely N-dealkylation sites (N-methyl/N-ethyl adjacent to an activating group) is 1. The molecule has 1 aliphatic rings. The first kappa shape index (κ1) is 20.1. The molecule has 1 saturated heterocycles. The second kappa shape index (κ2) is 8.57. The Morgan fingerprint density at radius 3 is 2.85 bits per heavy atom. The topological polar surface area (TPSA) is 145 Å². The lowest BCUT2D eigenvalue weighted by molar-refractivity contribution is -0.221. The van der Waals surface area contributed by atoms with Crippen LogP contribution >= 0.6 is 11.8 Å². The first-order chi connectivity index (χ1) is 13.1. The van der Waals surface area contributed by atoms with Crippen molar-refractivity contribution in [3.63, 3.8) is 0 Å². The van der Waals surface area contributed by atoms with E-state index in [2.05, 4.69) is 4.98 Å². The molecule has 4 N–H and O–H groups in total. The van der Waals surface area contributed by atoms with Crippen molar-refractivity contribution in [1.29, 1.82) is 0 Å². The zero-order valence-electron chi connectivity index (χ0n) is 16.3. The lowest BCUT2D eigenvalue weighted by Gasteiger charge is -2.42. The van der Waals surface area contributed by atoms with E-state index >= 15 is 0 Å². The number of rotatable bonds is 8. The van der Waals surface area contributed by atoms with Crippen LogP contribution in [0, 0.1) is 6.92 Å². The summed E-state index contributed by atoms with van der Waals surface area (Å²) in [6.45, 7) is 0.784. The van der Waals surface area contributed by atoms with Crippen molar-refractivity contribution in [3.8, 4) is 0 Å². The molecule has 0 spiro atoms. The zero-order chi connectivity index (χ0) is 21.2. The largest absolute Gasteiger partial charge is 0.480 e. The highest BCUT2D eigenvalue weighted by Crippen LogP contribution is 2.38. The van der Waals surface area contributed by atoms with Gasteiger partial charge in [0.15, 0.2) is 0 Å². The Hall–Kier alpha value is -1.66. The molecule has 0 saturated carbocycles. The molecular weight excluding hydrogens is 380 g/mol. The van der Waals surface area contributed by atoms with Gasteiger partial charge in [-0.15, -0.1) is 0 Å². The molecule has 0 radical (unpaired) electrons. The maximum absolute atomic E-state index is 12.6. The summed E-state index contributed by atoms with van der Waals surface area (Å²) in [6, 6.07) is -1.10. The molecule has 2 heterocycles. The lowest BCUT2D eigenvalue weighted by Crippen LogP contribution is -2.59. The Balaban J connectivity index is 2.70. The molecule has 0 aliphatic carbocycles. The molecule has 27 heavy (non-hydrogen) atoms. The van der Waals surface area contributed by atoms with Gasteiger partial charge in [0.2, 0.25) is 5.85 Å². The quantitative estimate of drug-likeness (QED) is 0.415. The summed E-state index contributed by atoms with van der Waals surface area (Å²) >= 11 is 1.45. The molecule has 1 fully saturated rings. The number of nitrogens with one attached hydrogen (secondary N) is 1. The summed E-state index contributed by atoms with van der Waals surface area (Å²) in [5.74, 6) is -2.52. The Bertz CT molecular complexity index is 845. The number of thioether (sulfide) groups is 1. The number of carbonyl (C=O) groups is 1. The van der Waals surface area contributed by atoms with E-state index < -0.39 is 54.1 Å². The average Bonchev–Trinajstić information content (AvgIpc) is 2.97. The third kappa shape index (κ3) is 4.11. The van der Waals surface area contributed by atoms with Crippen LogP contribution < -0.4 is 11.2 Å². The van der Waals surface area contributed by atoms with Gasteiger partial charge in [-0.3, -0.25) is 19.1 Å². The van der Waals surface area contributed by atoms with Gasteiger partial charge >= 0.3 is 11.7 Å². The summed E-state index contributed by atoms with van der Waals surface area (Å²) < 4.78 is 14.9. The molecule has 1 aromatic heterocycles. The van der Waals surface area contributed by atoms with Crippen LogP contribution in [-0.2, 0) is 15.4 Å². The van der Waals surface area contributed by atoms with Crippen molar-refractivity contribution in [2.24, 2.45) is 0 Å². The van der Waals surface area contributed by atoms with Gasteiger partial charge in [-0.25, -0.2) is 9.69 Å². The molecule has 0 amide bonds. The Kier molecular flexibility index (Phi) is 6.37. The van der Waals surface area contributed by atoms with Crippen LogP contribution in [0.1, 0.15) is 19.8 Å². The second-order valence-corrected chi connectivity index (χ2v) is 7.42. The van der Waals surface area contributed by atoms with E-state index in [1.165, 1.54) is 30.6 Å². The van der Waals surface area contributed by atoms with Gasteiger partial charge in [0.1, 0.15) is 12.1 Å². The van der Waals surface area contributed by atoms with Crippen molar-refractivity contribution in [2.75, 3.05) is 25.7 Å². The minimum Gasteiger partial charge on any atom is -0.480 e. The SMILES string of the molecule is [3H]c1c(C)c(=O)[nH]c(=O)n1[C@@]1(N([14CH3])[C@@H](CCSC)C(=O)O)C[C@H](O)[C@@H](CO)O1. The number of aromatic nitrogens is 2. The van der Waals surface area contributed by atoms with E-state index in [1.54, 1.807) is 0 Å². The Labute approximate surface area is 161 Å². The van der Waals surface area contributed by atoms with Crippen LogP contribution in [-0.4, -0.2) is 79.7 Å². The summed E-state index contributed by atoms with van der Waals surface area (Å²) in [5, 5.41) is 29.5. The number of ether oxygens (including phenoxy) is 1. The predicted octanol–water partition coefficient (Wildman–Crippen LogP) is -1.26. The number of carboxylic acids is 1. The number of carboxylic acid groups (broad SMARTS) is 1. The van der Waals surface area contributed by atoms with Gasteiger partial charge in [-0.05, 0) is 32.4 Å². The molecule has 0 bridgehead atoms. The van der Waals surface area contributed by atoms with E-state index in [-0.39, 0.29) is 18.4 Å². The van der Waals surface area contributed by atoms with Crippen LogP contribution in [0.5, 0.6) is 0 Å². The van der Waals surface area contributed by atoms with Crippen molar-refractivity contribution >= 4 is 17.7 Å². The smallest absolute Gasteiger partial charge is 0.331 e. The minimum atomic E-state index is -1.86. The molecule has 1 aromatic rings. The van der Waals surface area contributed by atoms with Gasteiger partial charge in [0.05, 0.1) is 14.1 Å². The van der Waals surface area contributed by atoms with Crippen LogP contribution in [0.2, 0.25) is 0 Å². The molecule has 1 aliphatic heterocycles. The average molecular weight is 407 g/mol. The number of hydrogen-bond acceptors (Lipinski definition) is 8. The fourth-order valence-electron chi connectivity index (χ4n) is 3.18. The number of aliphatic carboxylic acids is 1. The highest BCUT2D eigenvalue weighted by Gasteiger charge is 2.53. The molecule has 4 atom stereocenters. The van der Waals surface area contributed by atoms with Gasteiger partial charge in [-0.2, -0.15) is 11.8 Å². The third-order valence-electron chi connectivity index (χ3n) is 4.72. The normalized spacial score (nSPS) is 27.0. The van der Waals surface area contributed by atoms with Crippen LogP contribution in [0.3, 0.4) is 0 Å². The van der Waals surface area contributed by atoms with E-state index in [1.807, 2.05) is 6.26 Å². The number of H-pyrrole nitrogens is 1.